The first kappa shape index (κ1) is 25.3. The van der Waals surface area contributed by atoms with Crippen molar-refractivity contribution in [1.29, 1.82) is 0 Å². The molecule has 194 valence electrons. The number of ether oxygens (including phenoxy) is 1. The predicted octanol–water partition coefficient (Wildman–Crippen LogP) is 3.72. The van der Waals surface area contributed by atoms with Crippen LogP contribution < -0.4 is 15.4 Å². The minimum absolute atomic E-state index is 0.0238. The summed E-state index contributed by atoms with van der Waals surface area (Å²) in [5, 5.41) is 5.98. The minimum atomic E-state index is -0.723. The summed E-state index contributed by atoms with van der Waals surface area (Å²) < 4.78 is 10.5. The number of thioether (sulfide) groups is 1. The standard InChI is InChI=1S/C27H25N5O5S/c1-36-22-11-5-4-10-20(22)29-24(34)16-38-27-31-19-9-3-2-8-18(19)25-30-21(26(35)32(25)27)12-13-23(33)28-15-17-7-6-14-37-17/h2-11,14,21H,12-13,15-16H2,1H3,(H,28,33)(H,29,34)/t21-/m0/s1. The average Bonchev–Trinajstić information content (AvgIpc) is 3.58. The number of amides is 3. The van der Waals surface area contributed by atoms with Crippen LogP contribution in [-0.4, -0.2) is 52.5 Å². The number of fused-ring (bicyclic) bond motifs is 3. The smallest absolute Gasteiger partial charge is 0.259 e. The number of aliphatic imine (C=N–C) groups is 2. The quantitative estimate of drug-likeness (QED) is 0.434. The number of hydrogen-bond acceptors (Lipinski definition) is 8. The van der Waals surface area contributed by atoms with Crippen molar-refractivity contribution in [1.82, 2.24) is 10.2 Å². The van der Waals surface area contributed by atoms with Gasteiger partial charge in [0, 0.05) is 12.0 Å². The highest BCUT2D eigenvalue weighted by Gasteiger charge is 2.41. The molecule has 10 nitrogen and oxygen atoms in total. The van der Waals surface area contributed by atoms with Gasteiger partial charge >= 0.3 is 0 Å². The highest BCUT2D eigenvalue weighted by atomic mass is 32.2. The van der Waals surface area contributed by atoms with Gasteiger partial charge in [0.25, 0.3) is 5.91 Å². The first-order chi connectivity index (χ1) is 18.5. The van der Waals surface area contributed by atoms with Gasteiger partial charge in [-0.25, -0.2) is 9.89 Å². The Balaban J connectivity index is 1.26. The van der Waals surface area contributed by atoms with E-state index in [1.165, 1.54) is 12.0 Å². The Morgan fingerprint density at radius 3 is 2.71 bits per heavy atom. The molecule has 0 fully saturated rings. The Kier molecular flexibility index (Phi) is 7.55. The molecule has 0 bridgehead atoms. The number of nitrogens with zero attached hydrogens (tertiary/aromatic N) is 3. The van der Waals surface area contributed by atoms with Crippen LogP contribution in [0.1, 0.15) is 24.2 Å². The monoisotopic (exact) mass is 531 g/mol. The van der Waals surface area contributed by atoms with E-state index in [1.54, 1.807) is 36.6 Å². The van der Waals surface area contributed by atoms with E-state index in [0.29, 0.717) is 33.9 Å². The third kappa shape index (κ3) is 5.47. The Labute approximate surface area is 223 Å². The van der Waals surface area contributed by atoms with E-state index in [9.17, 15) is 14.4 Å². The third-order valence-electron chi connectivity index (χ3n) is 5.95. The number of para-hydroxylation sites is 3. The second kappa shape index (κ2) is 11.3. The van der Waals surface area contributed by atoms with E-state index in [0.717, 1.165) is 17.3 Å². The number of methoxy groups -OCH3 is 1. The Morgan fingerprint density at radius 1 is 1.08 bits per heavy atom. The normalized spacial score (nSPS) is 15.8. The summed E-state index contributed by atoms with van der Waals surface area (Å²) in [6.45, 7) is 0.281. The van der Waals surface area contributed by atoms with Crippen molar-refractivity contribution >= 4 is 51.9 Å². The van der Waals surface area contributed by atoms with Gasteiger partial charge in [0.2, 0.25) is 11.8 Å². The molecule has 0 spiro atoms. The number of anilines is 1. The lowest BCUT2D eigenvalue weighted by molar-refractivity contribution is -0.125. The zero-order chi connectivity index (χ0) is 26.5. The summed E-state index contributed by atoms with van der Waals surface area (Å²) in [5.41, 5.74) is 1.95. The molecule has 0 unspecified atom stereocenters. The molecule has 2 aliphatic rings. The number of rotatable bonds is 9. The minimum Gasteiger partial charge on any atom is -0.495 e. The van der Waals surface area contributed by atoms with Crippen LogP contribution in [0.3, 0.4) is 0 Å². The van der Waals surface area contributed by atoms with E-state index in [1.807, 2.05) is 30.3 Å². The summed E-state index contributed by atoms with van der Waals surface area (Å²) in [6, 6.07) is 17.3. The van der Waals surface area contributed by atoms with Crippen LogP contribution in [0.5, 0.6) is 5.75 Å². The van der Waals surface area contributed by atoms with Crippen molar-refractivity contribution in [2.45, 2.75) is 25.4 Å². The van der Waals surface area contributed by atoms with Crippen LogP contribution in [0.25, 0.3) is 0 Å². The highest BCUT2D eigenvalue weighted by Crippen LogP contribution is 2.34. The predicted molar refractivity (Wildman–Crippen MR) is 145 cm³/mol. The summed E-state index contributed by atoms with van der Waals surface area (Å²) in [7, 11) is 1.53. The van der Waals surface area contributed by atoms with E-state index < -0.39 is 6.04 Å². The molecule has 0 radical (unpaired) electrons. The van der Waals surface area contributed by atoms with Crippen molar-refractivity contribution in [3.8, 4) is 5.75 Å². The number of hydrogen-bond donors (Lipinski definition) is 2. The average molecular weight is 532 g/mol. The number of furan rings is 1. The van der Waals surface area contributed by atoms with Gasteiger partial charge < -0.3 is 19.8 Å². The zero-order valence-electron chi connectivity index (χ0n) is 20.5. The third-order valence-corrected chi connectivity index (χ3v) is 6.88. The van der Waals surface area contributed by atoms with Crippen molar-refractivity contribution in [2.24, 2.45) is 9.98 Å². The molecule has 5 rings (SSSR count). The molecule has 38 heavy (non-hydrogen) atoms. The lowest BCUT2D eigenvalue weighted by Crippen LogP contribution is -2.41. The maximum Gasteiger partial charge on any atom is 0.259 e. The van der Waals surface area contributed by atoms with Crippen molar-refractivity contribution in [3.05, 3.63) is 78.3 Å². The van der Waals surface area contributed by atoms with Crippen molar-refractivity contribution in [2.75, 3.05) is 18.2 Å². The fourth-order valence-electron chi connectivity index (χ4n) is 4.11. The van der Waals surface area contributed by atoms with Gasteiger partial charge in [-0.05, 0) is 42.8 Å². The van der Waals surface area contributed by atoms with E-state index in [2.05, 4.69) is 20.6 Å². The van der Waals surface area contributed by atoms with Gasteiger partial charge in [-0.2, -0.15) is 0 Å². The van der Waals surface area contributed by atoms with Crippen LogP contribution in [0.4, 0.5) is 11.4 Å². The van der Waals surface area contributed by atoms with Crippen LogP contribution in [0.15, 0.2) is 81.3 Å². The molecule has 3 aromatic rings. The van der Waals surface area contributed by atoms with E-state index in [-0.39, 0.29) is 42.9 Å². The fraction of sp³-hybridized carbons (Fsp3) is 0.222. The maximum absolute atomic E-state index is 13.4. The zero-order valence-corrected chi connectivity index (χ0v) is 21.4. The molecule has 1 atom stereocenters. The Hall–Kier alpha value is -4.38. The molecule has 2 aromatic carbocycles. The first-order valence-electron chi connectivity index (χ1n) is 12.0. The van der Waals surface area contributed by atoms with Crippen LogP contribution >= 0.6 is 11.8 Å². The molecule has 0 saturated heterocycles. The van der Waals surface area contributed by atoms with Crippen molar-refractivity contribution < 1.29 is 23.5 Å². The summed E-state index contributed by atoms with van der Waals surface area (Å²) in [6.07, 6.45) is 1.92. The van der Waals surface area contributed by atoms with Gasteiger partial charge in [0.05, 0.1) is 37.0 Å². The molecule has 2 aliphatic heterocycles. The Bertz CT molecular complexity index is 1420. The SMILES string of the molecule is COc1ccccc1NC(=O)CSC1=Nc2ccccc2C2=N[C@@H](CCC(=O)NCc3ccco3)C(=O)N12. The highest BCUT2D eigenvalue weighted by molar-refractivity contribution is 8.14. The molecular formula is C27H25N5O5S. The van der Waals surface area contributed by atoms with Gasteiger partial charge in [-0.15, -0.1) is 0 Å². The van der Waals surface area contributed by atoms with Crippen LogP contribution in [0.2, 0.25) is 0 Å². The molecular weight excluding hydrogens is 506 g/mol. The summed E-state index contributed by atoms with van der Waals surface area (Å²) in [5.74, 6) is 0.966. The number of benzene rings is 2. The lowest BCUT2D eigenvalue weighted by atomic mass is 10.1. The molecule has 1 aromatic heterocycles. The second-order valence-corrected chi connectivity index (χ2v) is 9.43. The second-order valence-electron chi connectivity index (χ2n) is 8.49. The van der Waals surface area contributed by atoms with Crippen LogP contribution in [-0.2, 0) is 20.9 Å². The van der Waals surface area contributed by atoms with Crippen molar-refractivity contribution in [3.63, 3.8) is 0 Å². The largest absolute Gasteiger partial charge is 0.495 e. The molecule has 3 amide bonds. The number of carbonyl (C=O) groups excluding carboxylic acids is 3. The maximum atomic E-state index is 13.4. The molecule has 11 heteroatoms. The summed E-state index contributed by atoms with van der Waals surface area (Å²) in [4.78, 5) is 49.2. The van der Waals surface area contributed by atoms with Crippen LogP contribution in [0, 0.1) is 0 Å². The number of nitrogens with one attached hydrogen (secondary N) is 2. The first-order valence-corrected chi connectivity index (χ1v) is 13.0. The molecule has 3 heterocycles. The van der Waals surface area contributed by atoms with Gasteiger partial charge in [-0.3, -0.25) is 19.4 Å². The van der Waals surface area contributed by atoms with Gasteiger partial charge in [0.15, 0.2) is 5.17 Å². The topological polar surface area (TPSA) is 126 Å². The summed E-state index contributed by atoms with van der Waals surface area (Å²) >= 11 is 1.15. The van der Waals surface area contributed by atoms with E-state index in [4.69, 9.17) is 9.15 Å². The number of carbonyl (C=O) groups is 3. The van der Waals surface area contributed by atoms with Gasteiger partial charge in [-0.1, -0.05) is 36.0 Å². The van der Waals surface area contributed by atoms with E-state index >= 15 is 0 Å². The Morgan fingerprint density at radius 2 is 1.89 bits per heavy atom. The number of amidine groups is 2. The lowest BCUT2D eigenvalue weighted by Gasteiger charge is -2.25. The molecule has 0 aliphatic carbocycles. The van der Waals surface area contributed by atoms with Gasteiger partial charge in [0.1, 0.15) is 23.4 Å². The molecule has 0 saturated carbocycles. The fourth-order valence-corrected chi connectivity index (χ4v) is 4.91. The molecule has 2 N–H and O–H groups in total.